The second-order valence-electron chi connectivity index (χ2n) is 4.59. The summed E-state index contributed by atoms with van der Waals surface area (Å²) in [5, 5.41) is 3.22. The molecule has 0 spiro atoms. The van der Waals surface area contributed by atoms with Crippen LogP contribution in [0.1, 0.15) is 19.5 Å². The van der Waals surface area contributed by atoms with Crippen LogP contribution in [0, 0.1) is 0 Å². The van der Waals surface area contributed by atoms with Gasteiger partial charge in [-0.25, -0.2) is 4.98 Å². The molecule has 0 aliphatic heterocycles. The highest BCUT2D eigenvalue weighted by Crippen LogP contribution is 2.24. The molecule has 0 radical (unpaired) electrons. The maximum atomic E-state index is 12.2. The summed E-state index contributed by atoms with van der Waals surface area (Å²) in [4.78, 5) is 4.30. The van der Waals surface area contributed by atoms with Gasteiger partial charge in [-0.3, -0.25) is 0 Å². The van der Waals surface area contributed by atoms with E-state index in [1.807, 2.05) is 13.8 Å². The Balaban J connectivity index is 2.11. The number of hydrogen-bond acceptors (Lipinski definition) is 4. The summed E-state index contributed by atoms with van der Waals surface area (Å²) >= 11 is 0. The van der Waals surface area contributed by atoms with Gasteiger partial charge in [0.15, 0.2) is 0 Å². The van der Waals surface area contributed by atoms with Gasteiger partial charge in [0.1, 0.15) is 12.0 Å². The van der Waals surface area contributed by atoms with Crippen molar-refractivity contribution in [1.82, 2.24) is 10.3 Å². The first kappa shape index (κ1) is 14.5. The van der Waals surface area contributed by atoms with Gasteiger partial charge in [-0.15, -0.1) is 0 Å². The van der Waals surface area contributed by atoms with Gasteiger partial charge in [0.05, 0.1) is 5.69 Å². The first-order chi connectivity index (χ1) is 9.54. The van der Waals surface area contributed by atoms with Crippen molar-refractivity contribution in [2.75, 3.05) is 0 Å². The number of rotatable bonds is 6. The fraction of sp³-hybridized carbons (Fsp3) is 0.357. The summed E-state index contributed by atoms with van der Waals surface area (Å²) in [7, 11) is 0. The zero-order valence-electron chi connectivity index (χ0n) is 11.3. The predicted molar refractivity (Wildman–Crippen MR) is 70.5 cm³/mol. The number of oxazole rings is 1. The van der Waals surface area contributed by atoms with Crippen molar-refractivity contribution >= 4 is 0 Å². The molecule has 4 nitrogen and oxygen atoms in total. The van der Waals surface area contributed by atoms with E-state index < -0.39 is 6.61 Å². The lowest BCUT2D eigenvalue weighted by Crippen LogP contribution is -2.21. The van der Waals surface area contributed by atoms with Crippen LogP contribution in [0.25, 0.3) is 11.5 Å². The van der Waals surface area contributed by atoms with Crippen LogP contribution in [0.3, 0.4) is 0 Å². The fourth-order valence-corrected chi connectivity index (χ4v) is 1.63. The molecule has 1 N–H and O–H groups in total. The number of ether oxygens (including phenoxy) is 1. The number of halogens is 2. The number of alkyl halides is 2. The molecule has 6 heteroatoms. The summed E-state index contributed by atoms with van der Waals surface area (Å²) in [5.74, 6) is 0.461. The molecule has 1 aromatic carbocycles. The van der Waals surface area contributed by atoms with Crippen LogP contribution in [-0.4, -0.2) is 17.6 Å². The molecule has 0 saturated heterocycles. The molecular formula is C14H16F2N2O2. The molecule has 2 rings (SSSR count). The molecular weight excluding hydrogens is 266 g/mol. The summed E-state index contributed by atoms with van der Waals surface area (Å²) in [6.45, 7) is 1.81. The van der Waals surface area contributed by atoms with E-state index in [2.05, 4.69) is 15.0 Å². The van der Waals surface area contributed by atoms with Crippen LogP contribution in [0.5, 0.6) is 5.75 Å². The monoisotopic (exact) mass is 282 g/mol. The van der Waals surface area contributed by atoms with Gasteiger partial charge < -0.3 is 14.5 Å². The highest BCUT2D eigenvalue weighted by atomic mass is 19.3. The molecule has 0 bridgehead atoms. The molecule has 0 saturated carbocycles. The van der Waals surface area contributed by atoms with Crippen LogP contribution in [0.15, 0.2) is 34.9 Å². The van der Waals surface area contributed by atoms with Gasteiger partial charge in [-0.2, -0.15) is 8.78 Å². The molecule has 108 valence electrons. The lowest BCUT2D eigenvalue weighted by Gasteiger charge is -2.05. The third-order valence-electron chi connectivity index (χ3n) is 2.55. The smallest absolute Gasteiger partial charge is 0.387 e. The lowest BCUT2D eigenvalue weighted by molar-refractivity contribution is -0.0498. The molecule has 20 heavy (non-hydrogen) atoms. The number of aromatic nitrogens is 1. The number of nitrogens with zero attached hydrogens (tertiary/aromatic N) is 1. The zero-order valence-corrected chi connectivity index (χ0v) is 11.3. The third kappa shape index (κ3) is 4.03. The van der Waals surface area contributed by atoms with E-state index in [0.29, 0.717) is 24.0 Å². The molecule has 0 unspecified atom stereocenters. The minimum Gasteiger partial charge on any atom is -0.444 e. The van der Waals surface area contributed by atoms with Crippen LogP contribution >= 0.6 is 0 Å². The van der Waals surface area contributed by atoms with E-state index in [-0.39, 0.29) is 5.75 Å². The highest BCUT2D eigenvalue weighted by Gasteiger charge is 2.10. The molecule has 1 aromatic heterocycles. The molecule has 2 aromatic rings. The van der Waals surface area contributed by atoms with Crippen molar-refractivity contribution in [2.45, 2.75) is 33.0 Å². The van der Waals surface area contributed by atoms with Gasteiger partial charge in [0.25, 0.3) is 0 Å². The minimum absolute atomic E-state index is 0.0811. The molecule has 0 aliphatic carbocycles. The quantitative estimate of drug-likeness (QED) is 0.881. The minimum atomic E-state index is -2.85. The Kier molecular flexibility index (Phi) is 4.68. The van der Waals surface area contributed by atoms with Crippen molar-refractivity contribution in [3.05, 3.63) is 36.2 Å². The van der Waals surface area contributed by atoms with E-state index in [1.165, 1.54) is 12.1 Å². The van der Waals surface area contributed by atoms with Crippen molar-refractivity contribution in [3.8, 4) is 17.2 Å². The largest absolute Gasteiger partial charge is 0.444 e. The van der Waals surface area contributed by atoms with Crippen LogP contribution in [-0.2, 0) is 6.54 Å². The fourth-order valence-electron chi connectivity index (χ4n) is 1.63. The topological polar surface area (TPSA) is 47.3 Å². The van der Waals surface area contributed by atoms with Crippen molar-refractivity contribution in [2.24, 2.45) is 0 Å². The summed E-state index contributed by atoms with van der Waals surface area (Å²) < 4.78 is 34.0. The van der Waals surface area contributed by atoms with E-state index in [4.69, 9.17) is 4.42 Å². The number of benzene rings is 1. The highest BCUT2D eigenvalue weighted by molar-refractivity contribution is 5.56. The van der Waals surface area contributed by atoms with Gasteiger partial charge in [0, 0.05) is 18.2 Å². The van der Waals surface area contributed by atoms with Gasteiger partial charge in [-0.1, -0.05) is 19.9 Å². The van der Waals surface area contributed by atoms with Gasteiger partial charge in [-0.05, 0) is 18.2 Å². The van der Waals surface area contributed by atoms with Crippen molar-refractivity contribution < 1.29 is 17.9 Å². The van der Waals surface area contributed by atoms with Crippen LogP contribution in [0.4, 0.5) is 8.78 Å². The molecule has 1 heterocycles. The van der Waals surface area contributed by atoms with Gasteiger partial charge in [0.2, 0.25) is 5.89 Å². The normalized spacial score (nSPS) is 11.3. The summed E-state index contributed by atoms with van der Waals surface area (Å²) in [5.41, 5.74) is 1.35. The molecule has 0 atom stereocenters. The summed E-state index contributed by atoms with van der Waals surface area (Å²) in [6.07, 6.45) is 1.55. The summed E-state index contributed by atoms with van der Waals surface area (Å²) in [6, 6.07) is 6.61. The number of hydrogen-bond donors (Lipinski definition) is 1. The lowest BCUT2D eigenvalue weighted by atomic mass is 10.2. The SMILES string of the molecule is CC(C)NCc1coc(-c2cccc(OC(F)F)c2)n1. The third-order valence-corrected chi connectivity index (χ3v) is 2.55. The molecule has 0 aliphatic rings. The van der Waals surface area contributed by atoms with E-state index >= 15 is 0 Å². The van der Waals surface area contributed by atoms with Crippen LogP contribution < -0.4 is 10.1 Å². The van der Waals surface area contributed by atoms with Crippen molar-refractivity contribution in [1.29, 1.82) is 0 Å². The maximum absolute atomic E-state index is 12.2. The Morgan fingerprint density at radius 1 is 1.35 bits per heavy atom. The average molecular weight is 282 g/mol. The second kappa shape index (κ2) is 6.47. The Hall–Kier alpha value is -1.95. The maximum Gasteiger partial charge on any atom is 0.387 e. The Morgan fingerprint density at radius 2 is 2.15 bits per heavy atom. The molecule has 0 amide bonds. The second-order valence-corrected chi connectivity index (χ2v) is 4.59. The first-order valence-corrected chi connectivity index (χ1v) is 6.27. The van der Waals surface area contributed by atoms with E-state index in [0.717, 1.165) is 5.69 Å². The Morgan fingerprint density at radius 3 is 2.85 bits per heavy atom. The standard InChI is InChI=1S/C14H16F2N2O2/c1-9(2)17-7-11-8-19-13(18-11)10-4-3-5-12(6-10)20-14(15)16/h3-6,8-9,14,17H,7H2,1-2H3. The van der Waals surface area contributed by atoms with Crippen molar-refractivity contribution in [3.63, 3.8) is 0 Å². The first-order valence-electron chi connectivity index (χ1n) is 6.27. The van der Waals surface area contributed by atoms with Gasteiger partial charge >= 0.3 is 6.61 Å². The Labute approximate surface area is 115 Å². The molecule has 0 fully saturated rings. The zero-order chi connectivity index (χ0) is 14.5. The average Bonchev–Trinajstić information content (AvgIpc) is 2.84. The number of nitrogens with one attached hydrogen (secondary N) is 1. The predicted octanol–water partition coefficient (Wildman–Crippen LogP) is 3.44. The van der Waals surface area contributed by atoms with E-state index in [1.54, 1.807) is 18.4 Å². The van der Waals surface area contributed by atoms with Crippen LogP contribution in [0.2, 0.25) is 0 Å². The Bertz CT molecular complexity index is 556. The van der Waals surface area contributed by atoms with E-state index in [9.17, 15) is 8.78 Å².